The normalized spacial score (nSPS) is 11.3. The maximum atomic E-state index is 13.0. The van der Waals surface area contributed by atoms with Crippen molar-refractivity contribution < 1.29 is 28.7 Å². The highest BCUT2D eigenvalue weighted by Crippen LogP contribution is 2.22. The number of hydrogen-bond donors (Lipinski definition) is 0. The van der Waals surface area contributed by atoms with Crippen LogP contribution in [0.15, 0.2) is 158 Å². The van der Waals surface area contributed by atoms with Gasteiger partial charge >= 0.3 is 11.9 Å². The van der Waals surface area contributed by atoms with Crippen molar-refractivity contribution in [2.45, 2.75) is 13.0 Å². The van der Waals surface area contributed by atoms with E-state index >= 15 is 0 Å². The SMILES string of the molecule is CC(COC(=O)c1ccc(C(=O)c2ccc(-c3ccccc3)cc2)cc1)OC(=O)c1ccc(C(=O)c2ccc(-c3ccccc3)cc2)cc1. The van der Waals surface area contributed by atoms with Gasteiger partial charge in [-0.2, -0.15) is 0 Å². The number of hydrogen-bond acceptors (Lipinski definition) is 6. The van der Waals surface area contributed by atoms with Gasteiger partial charge in [-0.1, -0.05) is 133 Å². The standard InChI is InChI=1S/C43H32O6/c1-29(49-43(47)39-26-22-37(23-27-39)41(45)35-18-14-33(15-19-35)31-10-6-3-7-11-31)28-48-42(46)38-24-20-36(21-25-38)40(44)34-16-12-32(13-17-34)30-8-4-2-5-9-30/h2-27,29H,28H2,1H3. The molecule has 6 aromatic rings. The molecule has 0 N–H and O–H groups in total. The van der Waals surface area contributed by atoms with Crippen LogP contribution in [-0.4, -0.2) is 36.2 Å². The molecule has 0 bridgehead atoms. The molecule has 6 heteroatoms. The van der Waals surface area contributed by atoms with Crippen LogP contribution in [-0.2, 0) is 9.47 Å². The zero-order valence-electron chi connectivity index (χ0n) is 26.7. The maximum Gasteiger partial charge on any atom is 0.338 e. The minimum atomic E-state index is -0.722. The molecule has 1 atom stereocenters. The van der Waals surface area contributed by atoms with Crippen molar-refractivity contribution in [1.29, 1.82) is 0 Å². The third-order valence-electron chi connectivity index (χ3n) is 8.03. The van der Waals surface area contributed by atoms with E-state index in [0.29, 0.717) is 22.3 Å². The van der Waals surface area contributed by atoms with Gasteiger partial charge in [-0.3, -0.25) is 9.59 Å². The van der Waals surface area contributed by atoms with Crippen LogP contribution in [0, 0.1) is 0 Å². The second kappa shape index (κ2) is 15.0. The Balaban J connectivity index is 0.979. The molecule has 6 nitrogen and oxygen atoms in total. The average Bonchev–Trinajstić information content (AvgIpc) is 3.17. The molecule has 0 aliphatic rings. The highest BCUT2D eigenvalue weighted by Gasteiger charge is 2.17. The van der Waals surface area contributed by atoms with Crippen LogP contribution in [0.2, 0.25) is 0 Å². The quantitative estimate of drug-likeness (QED) is 0.103. The molecular weight excluding hydrogens is 612 g/mol. The number of rotatable bonds is 11. The molecular formula is C43H32O6. The summed E-state index contributed by atoms with van der Waals surface area (Å²) in [5.74, 6) is -1.52. The van der Waals surface area contributed by atoms with Crippen LogP contribution in [0.4, 0.5) is 0 Å². The van der Waals surface area contributed by atoms with Crippen molar-refractivity contribution in [1.82, 2.24) is 0 Å². The van der Waals surface area contributed by atoms with Gasteiger partial charge in [0, 0.05) is 22.3 Å². The summed E-state index contributed by atoms with van der Waals surface area (Å²) in [4.78, 5) is 51.4. The Kier molecular flexibility index (Phi) is 9.96. The van der Waals surface area contributed by atoms with E-state index in [9.17, 15) is 19.2 Å². The molecule has 0 radical (unpaired) electrons. The Morgan fingerprint density at radius 2 is 0.714 bits per heavy atom. The van der Waals surface area contributed by atoms with Gasteiger partial charge in [0.25, 0.3) is 0 Å². The molecule has 6 rings (SSSR count). The molecule has 0 amide bonds. The van der Waals surface area contributed by atoms with Crippen LogP contribution < -0.4 is 0 Å². The monoisotopic (exact) mass is 644 g/mol. The van der Waals surface area contributed by atoms with Gasteiger partial charge in [-0.15, -0.1) is 0 Å². The Hall–Kier alpha value is -6.40. The highest BCUT2D eigenvalue weighted by molar-refractivity contribution is 6.10. The van der Waals surface area contributed by atoms with E-state index < -0.39 is 18.0 Å². The summed E-state index contributed by atoms with van der Waals surface area (Å²) in [7, 11) is 0. The maximum absolute atomic E-state index is 13.0. The van der Waals surface area contributed by atoms with Crippen LogP contribution in [0.3, 0.4) is 0 Å². The predicted octanol–water partition coefficient (Wildman–Crippen LogP) is 8.88. The number of ketones is 2. The predicted molar refractivity (Wildman–Crippen MR) is 189 cm³/mol. The van der Waals surface area contributed by atoms with Crippen LogP contribution in [0.1, 0.15) is 59.5 Å². The fourth-order valence-electron chi connectivity index (χ4n) is 5.30. The number of ether oxygens (including phenoxy) is 2. The Morgan fingerprint density at radius 1 is 0.408 bits per heavy atom. The smallest absolute Gasteiger partial charge is 0.338 e. The largest absolute Gasteiger partial charge is 0.458 e. The summed E-state index contributed by atoms with van der Waals surface area (Å²) >= 11 is 0. The summed E-state index contributed by atoms with van der Waals surface area (Å²) in [6, 6.07) is 47.1. The van der Waals surface area contributed by atoms with E-state index in [-0.39, 0.29) is 29.3 Å². The fourth-order valence-corrected chi connectivity index (χ4v) is 5.30. The van der Waals surface area contributed by atoms with Gasteiger partial charge in [-0.05, 0) is 53.4 Å². The lowest BCUT2D eigenvalue weighted by molar-refractivity contribution is 0.00448. The van der Waals surface area contributed by atoms with E-state index in [1.54, 1.807) is 55.5 Å². The van der Waals surface area contributed by atoms with Crippen molar-refractivity contribution in [3.05, 3.63) is 191 Å². The van der Waals surface area contributed by atoms with Gasteiger partial charge in [0.05, 0.1) is 11.1 Å². The first-order valence-electron chi connectivity index (χ1n) is 15.8. The molecule has 1 unspecified atom stereocenters. The second-order valence-electron chi connectivity index (χ2n) is 11.5. The van der Waals surface area contributed by atoms with Crippen molar-refractivity contribution in [2.75, 3.05) is 6.61 Å². The first-order chi connectivity index (χ1) is 23.9. The summed E-state index contributed by atoms with van der Waals surface area (Å²) in [6.07, 6.45) is -0.722. The zero-order chi connectivity index (χ0) is 34.2. The molecule has 0 heterocycles. The molecule has 240 valence electrons. The fraction of sp³-hybridized carbons (Fsp3) is 0.0698. The molecule has 0 saturated heterocycles. The third-order valence-corrected chi connectivity index (χ3v) is 8.03. The Labute approximate surface area is 284 Å². The topological polar surface area (TPSA) is 86.7 Å². The summed E-state index contributed by atoms with van der Waals surface area (Å²) in [5.41, 5.74) is 6.67. The average molecular weight is 645 g/mol. The number of carbonyl (C=O) groups is 4. The summed E-state index contributed by atoms with van der Waals surface area (Å²) < 4.78 is 10.8. The third kappa shape index (κ3) is 7.95. The van der Waals surface area contributed by atoms with Crippen molar-refractivity contribution in [3.8, 4) is 22.3 Å². The van der Waals surface area contributed by atoms with Gasteiger partial charge in [0.1, 0.15) is 12.7 Å². The zero-order valence-corrected chi connectivity index (χ0v) is 26.7. The van der Waals surface area contributed by atoms with Crippen molar-refractivity contribution in [2.24, 2.45) is 0 Å². The van der Waals surface area contributed by atoms with Crippen molar-refractivity contribution >= 4 is 23.5 Å². The van der Waals surface area contributed by atoms with Gasteiger partial charge in [0.2, 0.25) is 0 Å². The molecule has 6 aromatic carbocycles. The van der Waals surface area contributed by atoms with Gasteiger partial charge in [0.15, 0.2) is 11.6 Å². The van der Waals surface area contributed by atoms with E-state index in [0.717, 1.165) is 22.3 Å². The Bertz CT molecular complexity index is 2070. The van der Waals surface area contributed by atoms with Gasteiger partial charge < -0.3 is 9.47 Å². The summed E-state index contributed by atoms with van der Waals surface area (Å²) in [6.45, 7) is 1.46. The molecule has 0 saturated carbocycles. The minimum absolute atomic E-state index is 0.157. The molecule has 0 spiro atoms. The van der Waals surface area contributed by atoms with E-state index in [1.807, 2.05) is 84.9 Å². The summed E-state index contributed by atoms with van der Waals surface area (Å²) in [5, 5.41) is 0. The lowest BCUT2D eigenvalue weighted by Crippen LogP contribution is -2.22. The first kappa shape index (κ1) is 32.5. The molecule has 0 aliphatic heterocycles. The molecule has 0 fully saturated rings. The molecule has 0 aromatic heterocycles. The van der Waals surface area contributed by atoms with Crippen LogP contribution in [0.25, 0.3) is 22.3 Å². The number of benzene rings is 6. The minimum Gasteiger partial charge on any atom is -0.458 e. The van der Waals surface area contributed by atoms with Crippen molar-refractivity contribution in [3.63, 3.8) is 0 Å². The van der Waals surface area contributed by atoms with E-state index in [4.69, 9.17) is 9.47 Å². The lowest BCUT2D eigenvalue weighted by Gasteiger charge is -2.14. The lowest BCUT2D eigenvalue weighted by atomic mass is 9.99. The van der Waals surface area contributed by atoms with E-state index in [1.165, 1.54) is 24.3 Å². The van der Waals surface area contributed by atoms with Gasteiger partial charge in [-0.25, -0.2) is 9.59 Å². The molecule has 0 aliphatic carbocycles. The second-order valence-corrected chi connectivity index (χ2v) is 11.5. The van der Waals surface area contributed by atoms with Crippen LogP contribution in [0.5, 0.6) is 0 Å². The first-order valence-corrected chi connectivity index (χ1v) is 15.8. The van der Waals surface area contributed by atoms with Crippen LogP contribution >= 0.6 is 0 Å². The highest BCUT2D eigenvalue weighted by atomic mass is 16.6. The number of esters is 2. The van der Waals surface area contributed by atoms with E-state index in [2.05, 4.69) is 0 Å². The number of carbonyl (C=O) groups excluding carboxylic acids is 4. The molecule has 49 heavy (non-hydrogen) atoms. The Morgan fingerprint density at radius 3 is 1.10 bits per heavy atom.